The first-order chi connectivity index (χ1) is 11.3. The van der Waals surface area contributed by atoms with E-state index in [-0.39, 0.29) is 18.2 Å². The molecular weight excluding hydrogens is 362 g/mol. The van der Waals surface area contributed by atoms with Gasteiger partial charge in [0.15, 0.2) is 5.78 Å². The number of aryl methyl sites for hydroxylation is 3. The predicted octanol–water partition coefficient (Wildman–Crippen LogP) is 4.02. The molecule has 2 aromatic heterocycles. The zero-order valence-electron chi connectivity index (χ0n) is 14.0. The molecule has 1 aliphatic rings. The summed E-state index contributed by atoms with van der Waals surface area (Å²) < 4.78 is 27.4. The number of rotatable bonds is 4. The van der Waals surface area contributed by atoms with Crippen LogP contribution < -0.4 is 0 Å². The van der Waals surface area contributed by atoms with Crippen molar-refractivity contribution in [1.29, 1.82) is 0 Å². The molecule has 0 N–H and O–H groups in total. The Bertz CT molecular complexity index is 864. The van der Waals surface area contributed by atoms with Crippen LogP contribution in [0.1, 0.15) is 37.8 Å². The van der Waals surface area contributed by atoms with Crippen molar-refractivity contribution in [3.8, 4) is 0 Å². The Balaban J connectivity index is 1.84. The Morgan fingerprint density at radius 3 is 2.62 bits per heavy atom. The second kappa shape index (κ2) is 6.71. The number of nitrogens with zero attached hydrogens (tertiary/aromatic N) is 1. The summed E-state index contributed by atoms with van der Waals surface area (Å²) in [5.74, 6) is -0.161. The number of sulfonamides is 1. The summed E-state index contributed by atoms with van der Waals surface area (Å²) >= 11 is 2.94. The number of thiophene rings is 2. The highest BCUT2D eigenvalue weighted by atomic mass is 32.2. The Kier molecular flexibility index (Phi) is 4.97. The highest BCUT2D eigenvalue weighted by Crippen LogP contribution is 2.32. The highest BCUT2D eigenvalue weighted by Gasteiger charge is 2.35. The van der Waals surface area contributed by atoms with E-state index in [4.69, 9.17) is 0 Å². The molecule has 1 atom stereocenters. The Hall–Kier alpha value is -1.02. The highest BCUT2D eigenvalue weighted by molar-refractivity contribution is 7.89. The summed E-state index contributed by atoms with van der Waals surface area (Å²) in [5, 5.41) is 1.91. The molecule has 130 valence electrons. The minimum Gasteiger partial charge on any atom is -0.293 e. The first-order valence-electron chi connectivity index (χ1n) is 7.96. The normalized spacial score (nSPS) is 19.5. The molecule has 3 heterocycles. The number of carbonyl (C=O) groups excluding carboxylic acids is 1. The summed E-state index contributed by atoms with van der Waals surface area (Å²) in [6.45, 7) is 6.46. The average Bonchev–Trinajstić information content (AvgIpc) is 3.12. The van der Waals surface area contributed by atoms with Gasteiger partial charge in [0.25, 0.3) is 0 Å². The fourth-order valence-corrected chi connectivity index (χ4v) is 7.18. The molecule has 7 heteroatoms. The molecule has 1 aliphatic heterocycles. The van der Waals surface area contributed by atoms with Crippen LogP contribution in [0.15, 0.2) is 22.4 Å². The molecule has 0 aliphatic carbocycles. The van der Waals surface area contributed by atoms with E-state index in [9.17, 15) is 13.2 Å². The molecule has 1 fully saturated rings. The van der Waals surface area contributed by atoms with E-state index in [1.165, 1.54) is 27.0 Å². The van der Waals surface area contributed by atoms with Crippen molar-refractivity contribution in [2.75, 3.05) is 13.1 Å². The van der Waals surface area contributed by atoms with Crippen molar-refractivity contribution >= 4 is 38.5 Å². The monoisotopic (exact) mass is 383 g/mol. The first kappa shape index (κ1) is 17.8. The number of carbonyl (C=O) groups is 1. The van der Waals surface area contributed by atoms with E-state index in [1.54, 1.807) is 6.07 Å². The third-order valence-electron chi connectivity index (χ3n) is 4.45. The van der Waals surface area contributed by atoms with E-state index in [0.29, 0.717) is 11.4 Å². The molecule has 0 spiro atoms. The molecular formula is C17H21NO3S3. The fourth-order valence-electron chi connectivity index (χ4n) is 3.19. The van der Waals surface area contributed by atoms with Gasteiger partial charge in [-0.25, -0.2) is 8.42 Å². The summed E-state index contributed by atoms with van der Waals surface area (Å²) in [7, 11) is -3.52. The van der Waals surface area contributed by atoms with Gasteiger partial charge in [0.1, 0.15) is 0 Å². The van der Waals surface area contributed by atoms with E-state index in [1.807, 2.05) is 32.2 Å². The SMILES string of the molecule is Cc1cc(S(=O)(=O)N2CCCC(C(=O)c3sccc3C)C2)c(C)s1. The summed E-state index contributed by atoms with van der Waals surface area (Å²) in [6, 6.07) is 3.68. The van der Waals surface area contributed by atoms with Crippen molar-refractivity contribution < 1.29 is 13.2 Å². The Labute approximate surface area is 151 Å². The maximum Gasteiger partial charge on any atom is 0.244 e. The van der Waals surface area contributed by atoms with Gasteiger partial charge in [-0.2, -0.15) is 4.31 Å². The molecule has 0 amide bonds. The van der Waals surface area contributed by atoms with Crippen molar-refractivity contribution in [3.05, 3.63) is 37.7 Å². The zero-order chi connectivity index (χ0) is 17.5. The third-order valence-corrected chi connectivity index (χ3v) is 8.57. The van der Waals surface area contributed by atoms with Gasteiger partial charge in [-0.3, -0.25) is 4.79 Å². The van der Waals surface area contributed by atoms with Gasteiger partial charge in [-0.15, -0.1) is 22.7 Å². The molecule has 1 saturated heterocycles. The van der Waals surface area contributed by atoms with Crippen LogP contribution in [0, 0.1) is 26.7 Å². The zero-order valence-corrected chi connectivity index (χ0v) is 16.5. The van der Waals surface area contributed by atoms with Crippen LogP contribution in [0.2, 0.25) is 0 Å². The second-order valence-electron chi connectivity index (χ2n) is 6.28. The van der Waals surface area contributed by atoms with Crippen LogP contribution in [-0.4, -0.2) is 31.6 Å². The van der Waals surface area contributed by atoms with Crippen molar-refractivity contribution in [3.63, 3.8) is 0 Å². The molecule has 2 aromatic rings. The van der Waals surface area contributed by atoms with E-state index < -0.39 is 10.0 Å². The molecule has 3 rings (SSSR count). The van der Waals surface area contributed by atoms with Gasteiger partial charge < -0.3 is 0 Å². The van der Waals surface area contributed by atoms with Gasteiger partial charge in [-0.05, 0) is 56.7 Å². The minimum absolute atomic E-state index is 0.0839. The molecule has 0 aromatic carbocycles. The van der Waals surface area contributed by atoms with Crippen molar-refractivity contribution in [2.24, 2.45) is 5.92 Å². The minimum atomic E-state index is -3.52. The van der Waals surface area contributed by atoms with Crippen LogP contribution in [0.5, 0.6) is 0 Å². The summed E-state index contributed by atoms with van der Waals surface area (Å²) in [5.41, 5.74) is 0.981. The molecule has 4 nitrogen and oxygen atoms in total. The number of Topliss-reactive ketones (excluding diaryl/α,β-unsaturated/α-hetero) is 1. The van der Waals surface area contributed by atoms with Crippen molar-refractivity contribution in [2.45, 2.75) is 38.5 Å². The van der Waals surface area contributed by atoms with Crippen LogP contribution in [0.25, 0.3) is 0 Å². The molecule has 0 saturated carbocycles. The topological polar surface area (TPSA) is 54.5 Å². The van der Waals surface area contributed by atoms with Gasteiger partial charge in [0.05, 0.1) is 9.77 Å². The maximum atomic E-state index is 13.0. The lowest BCUT2D eigenvalue weighted by atomic mass is 9.93. The summed E-state index contributed by atoms with van der Waals surface area (Å²) in [6.07, 6.45) is 1.48. The molecule has 0 radical (unpaired) electrons. The number of hydrogen-bond acceptors (Lipinski definition) is 5. The van der Waals surface area contributed by atoms with Crippen LogP contribution in [-0.2, 0) is 10.0 Å². The lowest BCUT2D eigenvalue weighted by Gasteiger charge is -2.31. The van der Waals surface area contributed by atoms with Crippen LogP contribution in [0.4, 0.5) is 0 Å². The quantitative estimate of drug-likeness (QED) is 0.749. The van der Waals surface area contributed by atoms with Gasteiger partial charge in [0.2, 0.25) is 10.0 Å². The lowest BCUT2D eigenvalue weighted by Crippen LogP contribution is -2.42. The number of hydrogen-bond donors (Lipinski definition) is 0. The first-order valence-corrected chi connectivity index (χ1v) is 11.1. The molecule has 1 unspecified atom stereocenters. The largest absolute Gasteiger partial charge is 0.293 e. The lowest BCUT2D eigenvalue weighted by molar-refractivity contribution is 0.0876. The molecule has 0 bridgehead atoms. The number of piperidine rings is 1. The maximum absolute atomic E-state index is 13.0. The van der Waals surface area contributed by atoms with Gasteiger partial charge in [0, 0.05) is 28.8 Å². The predicted molar refractivity (Wildman–Crippen MR) is 98.7 cm³/mol. The van der Waals surface area contributed by atoms with Crippen LogP contribution >= 0.6 is 22.7 Å². The van der Waals surface area contributed by atoms with E-state index in [2.05, 4.69) is 0 Å². The third kappa shape index (κ3) is 3.22. The van der Waals surface area contributed by atoms with Crippen molar-refractivity contribution in [1.82, 2.24) is 4.31 Å². The summed E-state index contributed by atoms with van der Waals surface area (Å²) in [4.78, 5) is 15.7. The van der Waals surface area contributed by atoms with E-state index in [0.717, 1.165) is 33.0 Å². The fraction of sp³-hybridized carbons (Fsp3) is 0.471. The van der Waals surface area contributed by atoms with Gasteiger partial charge >= 0.3 is 0 Å². The average molecular weight is 384 g/mol. The Morgan fingerprint density at radius 2 is 2.04 bits per heavy atom. The van der Waals surface area contributed by atoms with E-state index >= 15 is 0 Å². The number of ketones is 1. The Morgan fingerprint density at radius 1 is 1.29 bits per heavy atom. The standard InChI is InChI=1S/C17H21NO3S3/c1-11-6-8-22-17(11)16(19)14-5-4-7-18(10-14)24(20,21)15-9-12(2)23-13(15)3/h6,8-9,14H,4-5,7,10H2,1-3H3. The second-order valence-corrected chi connectivity index (χ2v) is 10.6. The van der Waals surface area contributed by atoms with Gasteiger partial charge in [-0.1, -0.05) is 0 Å². The smallest absolute Gasteiger partial charge is 0.244 e. The molecule has 24 heavy (non-hydrogen) atoms. The van der Waals surface area contributed by atoms with Crippen LogP contribution in [0.3, 0.4) is 0 Å².